The van der Waals surface area contributed by atoms with Crippen LogP contribution in [0.3, 0.4) is 0 Å². The van der Waals surface area contributed by atoms with E-state index in [1.807, 2.05) is 6.82 Å². The highest BCUT2D eigenvalue weighted by Gasteiger charge is 2.26. The summed E-state index contributed by atoms with van der Waals surface area (Å²) in [4.78, 5) is 0. The molecule has 0 radical (unpaired) electrons. The van der Waals surface area contributed by atoms with Gasteiger partial charge in [0.1, 0.15) is 5.75 Å². The largest absolute Gasteiger partial charge is 0.546 e. The lowest BCUT2D eigenvalue weighted by molar-refractivity contribution is 0.481. The van der Waals surface area contributed by atoms with Gasteiger partial charge in [0, 0.05) is 11.6 Å². The first kappa shape index (κ1) is 9.59. The second-order valence-corrected chi connectivity index (χ2v) is 3.84. The van der Waals surface area contributed by atoms with E-state index < -0.39 is 0 Å². The third-order valence-electron chi connectivity index (χ3n) is 2.75. The molecule has 2 nitrogen and oxygen atoms in total. The van der Waals surface area contributed by atoms with Crippen LogP contribution >= 0.6 is 0 Å². The van der Waals surface area contributed by atoms with Crippen molar-refractivity contribution in [1.82, 2.24) is 5.23 Å². The van der Waals surface area contributed by atoms with Crippen molar-refractivity contribution in [3.05, 3.63) is 29.3 Å². The van der Waals surface area contributed by atoms with Crippen molar-refractivity contribution < 1.29 is 4.65 Å². The van der Waals surface area contributed by atoms with Gasteiger partial charge in [-0.1, -0.05) is 25.1 Å². The van der Waals surface area contributed by atoms with E-state index in [1.54, 1.807) is 0 Å². The summed E-state index contributed by atoms with van der Waals surface area (Å²) in [7, 11) is 0.116. The summed E-state index contributed by atoms with van der Waals surface area (Å²) in [6.07, 6.45) is 1.03. The third-order valence-corrected chi connectivity index (χ3v) is 2.75. The quantitative estimate of drug-likeness (QED) is 0.685. The molecule has 1 unspecified atom stereocenters. The van der Waals surface area contributed by atoms with Crippen molar-refractivity contribution in [3.63, 3.8) is 0 Å². The van der Waals surface area contributed by atoms with Gasteiger partial charge in [0.25, 0.3) is 0 Å². The van der Waals surface area contributed by atoms with Gasteiger partial charge in [-0.15, -0.1) is 0 Å². The molecule has 1 aromatic carbocycles. The van der Waals surface area contributed by atoms with Crippen molar-refractivity contribution in [3.8, 4) is 5.75 Å². The first-order valence-electron chi connectivity index (χ1n) is 5.27. The smallest absolute Gasteiger partial charge is 0.443 e. The van der Waals surface area contributed by atoms with E-state index in [1.165, 1.54) is 11.1 Å². The monoisotopic (exact) mass is 189 g/mol. The lowest BCUT2D eigenvalue weighted by Crippen LogP contribution is -2.42. The number of nitrogens with one attached hydrogen (secondary N) is 1. The summed E-state index contributed by atoms with van der Waals surface area (Å²) in [5.74, 6) is 1.09. The molecule has 0 aromatic heterocycles. The molecule has 1 atom stereocenters. The maximum atomic E-state index is 5.81. The first-order chi connectivity index (χ1) is 6.72. The molecule has 0 aliphatic carbocycles. The fourth-order valence-electron chi connectivity index (χ4n) is 2.02. The minimum absolute atomic E-state index is 0.116. The zero-order valence-corrected chi connectivity index (χ0v) is 9.00. The Hall–Kier alpha value is -0.955. The Morgan fingerprint density at radius 2 is 2.29 bits per heavy atom. The van der Waals surface area contributed by atoms with Crippen molar-refractivity contribution in [2.45, 2.75) is 33.1 Å². The maximum Gasteiger partial charge on any atom is 0.443 e. The van der Waals surface area contributed by atoms with Gasteiger partial charge in [0.05, 0.1) is 0 Å². The molecule has 14 heavy (non-hydrogen) atoms. The van der Waals surface area contributed by atoms with E-state index >= 15 is 0 Å². The van der Waals surface area contributed by atoms with Crippen molar-refractivity contribution >= 4 is 7.05 Å². The average Bonchev–Trinajstić information content (AvgIpc) is 2.17. The molecular weight excluding hydrogens is 173 g/mol. The molecule has 1 heterocycles. The lowest BCUT2D eigenvalue weighted by atomic mass is 9.81. The summed E-state index contributed by atoms with van der Waals surface area (Å²) in [5.41, 5.74) is 2.59. The fourth-order valence-corrected chi connectivity index (χ4v) is 2.02. The summed E-state index contributed by atoms with van der Waals surface area (Å²) >= 11 is 0. The molecule has 74 valence electrons. The summed E-state index contributed by atoms with van der Waals surface area (Å²) in [6, 6.07) is 6.77. The lowest BCUT2D eigenvalue weighted by Gasteiger charge is -2.29. The number of hydrogen-bond donors (Lipinski definition) is 1. The van der Waals surface area contributed by atoms with Gasteiger partial charge in [-0.05, 0) is 25.7 Å². The predicted octanol–water partition coefficient (Wildman–Crippen LogP) is 2.41. The average molecular weight is 189 g/mol. The molecule has 3 heteroatoms. The summed E-state index contributed by atoms with van der Waals surface area (Å²) in [5, 5.41) is 3.36. The van der Waals surface area contributed by atoms with Crippen LogP contribution in [0.4, 0.5) is 0 Å². The summed E-state index contributed by atoms with van der Waals surface area (Å²) < 4.78 is 5.81. The van der Waals surface area contributed by atoms with Crippen LogP contribution in [0.15, 0.2) is 18.2 Å². The van der Waals surface area contributed by atoms with E-state index in [2.05, 4.69) is 37.3 Å². The van der Waals surface area contributed by atoms with E-state index in [0.29, 0.717) is 6.04 Å². The number of fused-ring (bicyclic) bond motifs is 1. The molecular formula is C11H16BNO. The zero-order valence-electron chi connectivity index (χ0n) is 9.00. The molecule has 1 aliphatic rings. The van der Waals surface area contributed by atoms with Crippen LogP contribution in [0.1, 0.15) is 31.0 Å². The minimum Gasteiger partial charge on any atom is -0.546 e. The second-order valence-electron chi connectivity index (χ2n) is 3.84. The Labute approximate surface area is 85.8 Å². The van der Waals surface area contributed by atoms with Gasteiger partial charge < -0.3 is 9.88 Å². The molecule has 0 saturated carbocycles. The van der Waals surface area contributed by atoms with Crippen molar-refractivity contribution in [1.29, 1.82) is 0 Å². The van der Waals surface area contributed by atoms with Gasteiger partial charge in [0.2, 0.25) is 0 Å². The van der Waals surface area contributed by atoms with E-state index in [4.69, 9.17) is 4.65 Å². The highest BCUT2D eigenvalue weighted by atomic mass is 16.4. The van der Waals surface area contributed by atoms with Crippen molar-refractivity contribution in [2.75, 3.05) is 0 Å². The first-order valence-corrected chi connectivity index (χ1v) is 5.27. The summed E-state index contributed by atoms with van der Waals surface area (Å²) in [6.45, 7) is 6.39. The molecule has 1 aliphatic heterocycles. The van der Waals surface area contributed by atoms with Gasteiger partial charge in [-0.2, -0.15) is 0 Å². The van der Waals surface area contributed by atoms with Crippen LogP contribution in [0.25, 0.3) is 0 Å². The Bertz CT molecular complexity index is 340. The van der Waals surface area contributed by atoms with E-state index in [0.717, 1.165) is 12.2 Å². The Balaban J connectivity index is 2.47. The fraction of sp³-hybridized carbons (Fsp3) is 0.455. The van der Waals surface area contributed by atoms with Crippen LogP contribution in [-0.2, 0) is 6.42 Å². The normalized spacial score (nSPS) is 20.2. The Morgan fingerprint density at radius 1 is 1.50 bits per heavy atom. The molecule has 0 fully saturated rings. The molecule has 1 aromatic rings. The van der Waals surface area contributed by atoms with Crippen LogP contribution < -0.4 is 9.88 Å². The maximum absolute atomic E-state index is 5.81. The number of hydrogen-bond acceptors (Lipinski definition) is 2. The highest BCUT2D eigenvalue weighted by Crippen LogP contribution is 2.32. The molecule has 1 N–H and O–H groups in total. The van der Waals surface area contributed by atoms with Crippen LogP contribution in [0.2, 0.25) is 6.82 Å². The van der Waals surface area contributed by atoms with Crippen molar-refractivity contribution in [2.24, 2.45) is 0 Å². The number of benzene rings is 1. The van der Waals surface area contributed by atoms with Crippen LogP contribution in [0.5, 0.6) is 5.75 Å². The topological polar surface area (TPSA) is 21.3 Å². The van der Waals surface area contributed by atoms with Gasteiger partial charge in [-0.25, -0.2) is 0 Å². The Kier molecular flexibility index (Phi) is 2.51. The SMILES string of the molecule is CCc1cccc2c1OB(C)NC2C. The molecule has 0 saturated heterocycles. The Morgan fingerprint density at radius 3 is 3.00 bits per heavy atom. The molecule has 0 spiro atoms. The van der Waals surface area contributed by atoms with Gasteiger partial charge >= 0.3 is 7.05 Å². The minimum atomic E-state index is 0.116. The standard InChI is InChI=1S/C11H16BNO/c1-4-9-6-5-7-10-8(2)13-12(3)14-11(9)10/h5-8,13H,4H2,1-3H3. The molecule has 2 rings (SSSR count). The molecule has 0 amide bonds. The third kappa shape index (κ3) is 1.52. The van der Waals surface area contributed by atoms with E-state index in [9.17, 15) is 0 Å². The highest BCUT2D eigenvalue weighted by molar-refractivity contribution is 6.48. The second kappa shape index (κ2) is 3.66. The predicted molar refractivity (Wildman–Crippen MR) is 59.6 cm³/mol. The number of rotatable bonds is 1. The van der Waals surface area contributed by atoms with E-state index in [-0.39, 0.29) is 7.05 Å². The van der Waals surface area contributed by atoms with Crippen LogP contribution in [-0.4, -0.2) is 7.05 Å². The molecule has 0 bridgehead atoms. The van der Waals surface area contributed by atoms with Crippen LogP contribution in [0, 0.1) is 0 Å². The number of para-hydroxylation sites is 1. The number of aryl methyl sites for hydroxylation is 1. The zero-order chi connectivity index (χ0) is 10.1. The van der Waals surface area contributed by atoms with Gasteiger partial charge in [0.15, 0.2) is 0 Å². The van der Waals surface area contributed by atoms with Gasteiger partial charge in [-0.3, -0.25) is 0 Å².